The predicted octanol–water partition coefficient (Wildman–Crippen LogP) is 3.34. The summed E-state index contributed by atoms with van der Waals surface area (Å²) in [6.45, 7) is 0.421. The van der Waals surface area contributed by atoms with Gasteiger partial charge in [0.15, 0.2) is 0 Å². The summed E-state index contributed by atoms with van der Waals surface area (Å²) in [6.07, 6.45) is 0. The maximum Gasteiger partial charge on any atom is 0.129 e. The smallest absolute Gasteiger partial charge is 0.129 e. The zero-order chi connectivity index (χ0) is 14.5. The molecule has 0 aliphatic carbocycles. The molecule has 0 N–H and O–H groups in total. The van der Waals surface area contributed by atoms with E-state index in [-0.39, 0.29) is 5.82 Å². The van der Waals surface area contributed by atoms with Gasteiger partial charge < -0.3 is 9.64 Å². The van der Waals surface area contributed by atoms with Crippen LogP contribution >= 0.6 is 0 Å². The third-order valence-corrected chi connectivity index (χ3v) is 3.08. The van der Waals surface area contributed by atoms with Crippen molar-refractivity contribution in [1.82, 2.24) is 0 Å². The average molecular weight is 270 g/mol. The zero-order valence-electron chi connectivity index (χ0n) is 11.4. The molecule has 0 saturated heterocycles. The molecule has 0 radical (unpaired) electrons. The minimum absolute atomic E-state index is 0.329. The Balaban J connectivity index is 2.19. The standard InChI is InChI=1S/C16H15FN2O/c1-19(14-4-3-5-15(9-14)20-2)11-13-7-6-12(10-18)8-16(13)17/h3-9H,11H2,1-2H3. The molecule has 0 unspecified atom stereocenters. The molecular weight excluding hydrogens is 255 g/mol. The fourth-order valence-corrected chi connectivity index (χ4v) is 1.94. The minimum Gasteiger partial charge on any atom is -0.497 e. The van der Waals surface area contributed by atoms with E-state index in [2.05, 4.69) is 0 Å². The van der Waals surface area contributed by atoms with E-state index in [0.717, 1.165) is 11.4 Å². The van der Waals surface area contributed by atoms with Crippen LogP contribution in [0, 0.1) is 17.1 Å². The third-order valence-electron chi connectivity index (χ3n) is 3.08. The molecule has 102 valence electrons. The van der Waals surface area contributed by atoms with Gasteiger partial charge >= 0.3 is 0 Å². The molecular formula is C16H15FN2O. The highest BCUT2D eigenvalue weighted by atomic mass is 19.1. The van der Waals surface area contributed by atoms with Crippen molar-refractivity contribution in [3.63, 3.8) is 0 Å². The van der Waals surface area contributed by atoms with E-state index in [1.807, 2.05) is 42.3 Å². The van der Waals surface area contributed by atoms with Crippen molar-refractivity contribution in [2.75, 3.05) is 19.1 Å². The van der Waals surface area contributed by atoms with Gasteiger partial charge in [-0.3, -0.25) is 0 Å². The van der Waals surface area contributed by atoms with E-state index in [1.165, 1.54) is 6.07 Å². The lowest BCUT2D eigenvalue weighted by molar-refractivity contribution is 0.415. The van der Waals surface area contributed by atoms with Gasteiger partial charge in [0, 0.05) is 30.9 Å². The Hall–Kier alpha value is -2.54. The molecule has 2 aromatic rings. The molecule has 20 heavy (non-hydrogen) atoms. The van der Waals surface area contributed by atoms with Crippen LogP contribution in [-0.4, -0.2) is 14.2 Å². The average Bonchev–Trinajstić information content (AvgIpc) is 2.49. The van der Waals surface area contributed by atoms with Crippen LogP contribution in [0.2, 0.25) is 0 Å². The maximum absolute atomic E-state index is 13.9. The SMILES string of the molecule is COc1cccc(N(C)Cc2ccc(C#N)cc2F)c1. The Bertz CT molecular complexity index is 649. The molecule has 0 aliphatic rings. The summed E-state index contributed by atoms with van der Waals surface area (Å²) in [5.74, 6) is 0.397. The van der Waals surface area contributed by atoms with Gasteiger partial charge in [-0.25, -0.2) is 4.39 Å². The van der Waals surface area contributed by atoms with Crippen LogP contribution in [0.1, 0.15) is 11.1 Å². The molecule has 0 saturated carbocycles. The lowest BCUT2D eigenvalue weighted by Crippen LogP contribution is -2.17. The van der Waals surface area contributed by atoms with E-state index in [0.29, 0.717) is 17.7 Å². The highest BCUT2D eigenvalue weighted by molar-refractivity contribution is 5.50. The number of halogens is 1. The van der Waals surface area contributed by atoms with Crippen molar-refractivity contribution in [2.45, 2.75) is 6.54 Å². The Kier molecular flexibility index (Phi) is 4.21. The summed E-state index contributed by atoms with van der Waals surface area (Å²) >= 11 is 0. The molecule has 0 aromatic heterocycles. The molecule has 4 heteroatoms. The molecule has 2 rings (SSSR count). The first-order valence-electron chi connectivity index (χ1n) is 6.17. The van der Waals surface area contributed by atoms with Crippen molar-refractivity contribution < 1.29 is 9.13 Å². The lowest BCUT2D eigenvalue weighted by Gasteiger charge is -2.20. The number of nitrogens with zero attached hydrogens (tertiary/aromatic N) is 2. The van der Waals surface area contributed by atoms with Gasteiger partial charge in [0.2, 0.25) is 0 Å². The van der Waals surface area contributed by atoms with Gasteiger partial charge in [0.1, 0.15) is 11.6 Å². The van der Waals surface area contributed by atoms with E-state index < -0.39 is 0 Å². The normalized spacial score (nSPS) is 9.90. The van der Waals surface area contributed by atoms with Gasteiger partial charge in [0.05, 0.1) is 18.7 Å². The van der Waals surface area contributed by atoms with Gasteiger partial charge in [-0.05, 0) is 24.3 Å². The van der Waals surface area contributed by atoms with Crippen molar-refractivity contribution >= 4 is 5.69 Å². The number of hydrogen-bond acceptors (Lipinski definition) is 3. The number of ether oxygens (including phenoxy) is 1. The second-order valence-corrected chi connectivity index (χ2v) is 4.48. The number of methoxy groups -OCH3 is 1. The van der Waals surface area contributed by atoms with Crippen LogP contribution in [-0.2, 0) is 6.54 Å². The second kappa shape index (κ2) is 6.07. The highest BCUT2D eigenvalue weighted by Crippen LogP contribution is 2.22. The molecule has 0 aliphatic heterocycles. The third kappa shape index (κ3) is 3.07. The quantitative estimate of drug-likeness (QED) is 0.855. The van der Waals surface area contributed by atoms with Crippen LogP contribution in [0.3, 0.4) is 0 Å². The Morgan fingerprint density at radius 3 is 2.70 bits per heavy atom. The maximum atomic E-state index is 13.9. The van der Waals surface area contributed by atoms with Crippen LogP contribution in [0.5, 0.6) is 5.75 Å². The van der Waals surface area contributed by atoms with Crippen molar-refractivity contribution in [2.24, 2.45) is 0 Å². The Labute approximate surface area is 117 Å². The van der Waals surface area contributed by atoms with Crippen LogP contribution in [0.4, 0.5) is 10.1 Å². The predicted molar refractivity (Wildman–Crippen MR) is 76.2 cm³/mol. The topological polar surface area (TPSA) is 36.3 Å². The van der Waals surface area contributed by atoms with Crippen LogP contribution in [0.15, 0.2) is 42.5 Å². The lowest BCUT2D eigenvalue weighted by atomic mass is 10.1. The van der Waals surface area contributed by atoms with Crippen molar-refractivity contribution in [3.05, 3.63) is 59.4 Å². The van der Waals surface area contributed by atoms with Gasteiger partial charge in [-0.2, -0.15) is 5.26 Å². The first-order valence-corrected chi connectivity index (χ1v) is 6.17. The number of benzene rings is 2. The zero-order valence-corrected chi connectivity index (χ0v) is 11.4. The molecule has 0 atom stereocenters. The van der Waals surface area contributed by atoms with Gasteiger partial charge in [0.25, 0.3) is 0 Å². The largest absolute Gasteiger partial charge is 0.497 e. The van der Waals surface area contributed by atoms with E-state index in [9.17, 15) is 4.39 Å². The molecule has 0 spiro atoms. The van der Waals surface area contributed by atoms with E-state index >= 15 is 0 Å². The first kappa shape index (κ1) is 13.9. The van der Waals surface area contributed by atoms with Crippen molar-refractivity contribution in [1.29, 1.82) is 5.26 Å². The van der Waals surface area contributed by atoms with Crippen LogP contribution < -0.4 is 9.64 Å². The fourth-order valence-electron chi connectivity index (χ4n) is 1.94. The molecule has 3 nitrogen and oxygen atoms in total. The summed E-state index contributed by atoms with van der Waals surface area (Å²) in [5, 5.41) is 8.73. The highest BCUT2D eigenvalue weighted by Gasteiger charge is 2.08. The van der Waals surface area contributed by atoms with Crippen molar-refractivity contribution in [3.8, 4) is 11.8 Å². The summed E-state index contributed by atoms with van der Waals surface area (Å²) in [4.78, 5) is 1.92. The van der Waals surface area contributed by atoms with E-state index in [1.54, 1.807) is 19.2 Å². The van der Waals surface area contributed by atoms with Crippen LogP contribution in [0.25, 0.3) is 0 Å². The fraction of sp³-hybridized carbons (Fsp3) is 0.188. The first-order chi connectivity index (χ1) is 9.63. The molecule has 0 bridgehead atoms. The monoisotopic (exact) mass is 270 g/mol. The number of anilines is 1. The number of nitriles is 1. The minimum atomic E-state index is -0.362. The number of hydrogen-bond donors (Lipinski definition) is 0. The molecule has 0 amide bonds. The molecule has 0 fully saturated rings. The molecule has 0 heterocycles. The second-order valence-electron chi connectivity index (χ2n) is 4.48. The Morgan fingerprint density at radius 2 is 2.05 bits per heavy atom. The molecule has 2 aromatic carbocycles. The van der Waals surface area contributed by atoms with E-state index in [4.69, 9.17) is 10.00 Å². The summed E-state index contributed by atoms with van der Waals surface area (Å²) in [6, 6.07) is 14.0. The summed E-state index contributed by atoms with van der Waals surface area (Å²) < 4.78 is 19.0. The number of rotatable bonds is 4. The Morgan fingerprint density at radius 1 is 1.25 bits per heavy atom. The van der Waals surface area contributed by atoms with Gasteiger partial charge in [-0.1, -0.05) is 12.1 Å². The van der Waals surface area contributed by atoms with Gasteiger partial charge in [-0.15, -0.1) is 0 Å². The summed E-state index contributed by atoms with van der Waals surface area (Å²) in [7, 11) is 3.49. The summed E-state index contributed by atoms with van der Waals surface area (Å²) in [5.41, 5.74) is 1.82.